The summed E-state index contributed by atoms with van der Waals surface area (Å²) in [6, 6.07) is 10.8. The quantitative estimate of drug-likeness (QED) is 0.335. The van der Waals surface area contributed by atoms with Crippen molar-refractivity contribution in [2.75, 3.05) is 6.61 Å². The molecule has 138 valence electrons. The predicted octanol–water partition coefficient (Wildman–Crippen LogP) is 2.37. The van der Waals surface area contributed by atoms with Crippen LogP contribution in [0.2, 0.25) is 0 Å². The molecule has 2 aromatic carbocycles. The van der Waals surface area contributed by atoms with Crippen molar-refractivity contribution in [3.05, 3.63) is 75.3 Å². The van der Waals surface area contributed by atoms with Gasteiger partial charge in [-0.1, -0.05) is 24.3 Å². The number of nitro benzene ring substituents is 1. The average molecular weight is 368 g/mol. The summed E-state index contributed by atoms with van der Waals surface area (Å²) in [5.74, 6) is -1.91. The summed E-state index contributed by atoms with van der Waals surface area (Å²) in [6.45, 7) is 1.69. The molecule has 1 aliphatic rings. The third kappa shape index (κ3) is 3.41. The second-order valence-corrected chi connectivity index (χ2v) is 5.92. The number of nitrogens with zero attached hydrogens (tertiary/aromatic N) is 2. The van der Waals surface area contributed by atoms with E-state index in [1.807, 2.05) is 0 Å². The molecule has 2 aromatic rings. The van der Waals surface area contributed by atoms with Crippen LogP contribution in [0, 0.1) is 10.1 Å². The standard InChI is InChI=1S/C19H16N2O6/c1-2-27-19(24)16(11-12-6-5-7-13(10-12)21(25)26)20-17(22)14-8-3-4-9-15(14)18(20)23/h3-10,16H,2,11H2,1H3. The molecule has 0 aromatic heterocycles. The van der Waals surface area contributed by atoms with E-state index in [1.54, 1.807) is 25.1 Å². The Morgan fingerprint density at radius 1 is 1.11 bits per heavy atom. The number of nitro groups is 1. The fourth-order valence-electron chi connectivity index (χ4n) is 3.03. The normalized spacial score (nSPS) is 14.0. The minimum absolute atomic E-state index is 0.0768. The van der Waals surface area contributed by atoms with Crippen LogP contribution in [0.4, 0.5) is 5.69 Å². The molecule has 0 N–H and O–H groups in total. The second kappa shape index (κ2) is 7.36. The van der Waals surface area contributed by atoms with Gasteiger partial charge in [-0.15, -0.1) is 0 Å². The van der Waals surface area contributed by atoms with Crippen LogP contribution < -0.4 is 0 Å². The SMILES string of the molecule is CCOC(=O)C(Cc1cccc([N+](=O)[O-])c1)N1C(=O)c2ccccc2C1=O. The second-order valence-electron chi connectivity index (χ2n) is 5.92. The van der Waals surface area contributed by atoms with Gasteiger partial charge in [-0.2, -0.15) is 0 Å². The summed E-state index contributed by atoms with van der Waals surface area (Å²) in [5.41, 5.74) is 0.739. The maximum atomic E-state index is 12.7. The largest absolute Gasteiger partial charge is 0.464 e. The van der Waals surface area contributed by atoms with Gasteiger partial charge in [-0.25, -0.2) is 4.79 Å². The monoisotopic (exact) mass is 368 g/mol. The molecule has 0 fully saturated rings. The summed E-state index contributed by atoms with van der Waals surface area (Å²) in [5, 5.41) is 11.0. The van der Waals surface area contributed by atoms with Gasteiger partial charge in [0.05, 0.1) is 22.7 Å². The first-order valence-corrected chi connectivity index (χ1v) is 8.31. The number of ether oxygens (including phenoxy) is 1. The molecule has 3 rings (SSSR count). The molecule has 1 unspecified atom stereocenters. The number of hydrogen-bond acceptors (Lipinski definition) is 6. The van der Waals surface area contributed by atoms with Gasteiger partial charge in [0.15, 0.2) is 0 Å². The zero-order valence-electron chi connectivity index (χ0n) is 14.5. The Labute approximate surface area is 154 Å². The van der Waals surface area contributed by atoms with E-state index in [2.05, 4.69) is 0 Å². The molecule has 2 amide bonds. The fourth-order valence-corrected chi connectivity index (χ4v) is 3.03. The Bertz CT molecular complexity index is 904. The first kappa shape index (κ1) is 18.2. The van der Waals surface area contributed by atoms with Crippen LogP contribution in [0.5, 0.6) is 0 Å². The lowest BCUT2D eigenvalue weighted by molar-refractivity contribution is -0.384. The van der Waals surface area contributed by atoms with Crippen molar-refractivity contribution in [1.82, 2.24) is 4.90 Å². The molecule has 1 atom stereocenters. The van der Waals surface area contributed by atoms with Crippen LogP contribution >= 0.6 is 0 Å². The van der Waals surface area contributed by atoms with Crippen LogP contribution in [-0.4, -0.2) is 40.3 Å². The molecular formula is C19H16N2O6. The molecule has 8 heteroatoms. The number of benzene rings is 2. The van der Waals surface area contributed by atoms with E-state index in [1.165, 1.54) is 30.3 Å². The highest BCUT2D eigenvalue weighted by atomic mass is 16.6. The fraction of sp³-hybridized carbons (Fsp3) is 0.211. The third-order valence-electron chi connectivity index (χ3n) is 4.25. The van der Waals surface area contributed by atoms with Gasteiger partial charge in [-0.05, 0) is 24.6 Å². The van der Waals surface area contributed by atoms with Crippen LogP contribution in [0.3, 0.4) is 0 Å². The van der Waals surface area contributed by atoms with Crippen molar-refractivity contribution in [3.63, 3.8) is 0 Å². The summed E-state index contributed by atoms with van der Waals surface area (Å²) in [7, 11) is 0. The number of non-ortho nitro benzene ring substituents is 1. The number of rotatable bonds is 6. The van der Waals surface area contributed by atoms with Crippen molar-refractivity contribution in [2.45, 2.75) is 19.4 Å². The van der Waals surface area contributed by atoms with Crippen molar-refractivity contribution in [1.29, 1.82) is 0 Å². The highest BCUT2D eigenvalue weighted by Crippen LogP contribution is 2.27. The summed E-state index contributed by atoms with van der Waals surface area (Å²) < 4.78 is 5.04. The Hall–Kier alpha value is -3.55. The van der Waals surface area contributed by atoms with Gasteiger partial charge >= 0.3 is 5.97 Å². The van der Waals surface area contributed by atoms with E-state index in [-0.39, 0.29) is 29.8 Å². The summed E-state index contributed by atoms with van der Waals surface area (Å²) in [6.07, 6.45) is -0.0774. The van der Waals surface area contributed by atoms with Crippen LogP contribution in [0.1, 0.15) is 33.2 Å². The molecule has 0 radical (unpaired) electrons. The minimum Gasteiger partial charge on any atom is -0.464 e. The average Bonchev–Trinajstić information content (AvgIpc) is 2.91. The lowest BCUT2D eigenvalue weighted by Gasteiger charge is -2.24. The van der Waals surface area contributed by atoms with Crippen molar-refractivity contribution in [2.24, 2.45) is 0 Å². The Balaban J connectivity index is 1.97. The molecule has 0 saturated heterocycles. The van der Waals surface area contributed by atoms with Crippen molar-refractivity contribution < 1.29 is 24.0 Å². The minimum atomic E-state index is -1.21. The summed E-state index contributed by atoms with van der Waals surface area (Å²) >= 11 is 0. The van der Waals surface area contributed by atoms with Gasteiger partial charge in [-0.3, -0.25) is 24.6 Å². The maximum absolute atomic E-state index is 12.7. The Morgan fingerprint density at radius 2 is 1.74 bits per heavy atom. The number of fused-ring (bicyclic) bond motifs is 1. The van der Waals surface area contributed by atoms with E-state index in [0.717, 1.165) is 4.90 Å². The van der Waals surface area contributed by atoms with Gasteiger partial charge in [0, 0.05) is 18.6 Å². The van der Waals surface area contributed by atoms with E-state index in [4.69, 9.17) is 4.74 Å². The van der Waals surface area contributed by atoms with Gasteiger partial charge in [0.2, 0.25) is 0 Å². The highest BCUT2D eigenvalue weighted by molar-refractivity contribution is 6.22. The molecular weight excluding hydrogens is 352 g/mol. The number of carbonyl (C=O) groups is 3. The third-order valence-corrected chi connectivity index (χ3v) is 4.25. The molecule has 1 heterocycles. The Kier molecular flexibility index (Phi) is 4.98. The van der Waals surface area contributed by atoms with E-state index in [0.29, 0.717) is 5.56 Å². The van der Waals surface area contributed by atoms with Gasteiger partial charge in [0.25, 0.3) is 17.5 Å². The molecule has 27 heavy (non-hydrogen) atoms. The number of hydrogen-bond donors (Lipinski definition) is 0. The lowest BCUT2D eigenvalue weighted by atomic mass is 10.0. The number of esters is 1. The smallest absolute Gasteiger partial charge is 0.329 e. The molecule has 1 aliphatic heterocycles. The highest BCUT2D eigenvalue weighted by Gasteiger charge is 2.43. The lowest BCUT2D eigenvalue weighted by Crippen LogP contribution is -2.47. The first-order valence-electron chi connectivity index (χ1n) is 8.31. The predicted molar refractivity (Wildman–Crippen MR) is 94.2 cm³/mol. The van der Waals surface area contributed by atoms with Gasteiger partial charge < -0.3 is 4.74 Å². The Morgan fingerprint density at radius 3 is 2.30 bits per heavy atom. The number of amides is 2. The van der Waals surface area contributed by atoms with Gasteiger partial charge in [0.1, 0.15) is 6.04 Å². The first-order chi connectivity index (χ1) is 12.9. The van der Waals surface area contributed by atoms with Crippen LogP contribution in [0.15, 0.2) is 48.5 Å². The molecule has 0 saturated carbocycles. The van der Waals surface area contributed by atoms with E-state index >= 15 is 0 Å². The maximum Gasteiger partial charge on any atom is 0.329 e. The van der Waals surface area contributed by atoms with E-state index in [9.17, 15) is 24.5 Å². The van der Waals surface area contributed by atoms with Crippen molar-refractivity contribution in [3.8, 4) is 0 Å². The zero-order valence-corrected chi connectivity index (χ0v) is 14.5. The van der Waals surface area contributed by atoms with Crippen molar-refractivity contribution >= 4 is 23.5 Å². The van der Waals surface area contributed by atoms with E-state index < -0.39 is 28.7 Å². The molecule has 8 nitrogen and oxygen atoms in total. The molecule has 0 spiro atoms. The molecule has 0 aliphatic carbocycles. The number of carbonyl (C=O) groups excluding carboxylic acids is 3. The van der Waals surface area contributed by atoms with Crippen LogP contribution in [-0.2, 0) is 16.0 Å². The topological polar surface area (TPSA) is 107 Å². The zero-order chi connectivity index (χ0) is 19.6. The summed E-state index contributed by atoms with van der Waals surface area (Å²) in [4.78, 5) is 49.2. The van der Waals surface area contributed by atoms with Crippen LogP contribution in [0.25, 0.3) is 0 Å². The number of imide groups is 1. The molecule has 0 bridgehead atoms.